The van der Waals surface area contributed by atoms with Crippen LogP contribution in [0.5, 0.6) is 11.5 Å². The number of hydrogen-bond acceptors (Lipinski definition) is 4. The van der Waals surface area contributed by atoms with E-state index < -0.39 is 0 Å². The molecule has 0 spiro atoms. The molecule has 30 heavy (non-hydrogen) atoms. The molecule has 2 aliphatic rings. The first-order chi connectivity index (χ1) is 14.7. The molecule has 3 aromatic carbocycles. The first-order valence-corrected chi connectivity index (χ1v) is 10.4. The number of amides is 1. The van der Waals surface area contributed by atoms with Gasteiger partial charge in [0.25, 0.3) is 5.91 Å². The van der Waals surface area contributed by atoms with Gasteiger partial charge in [-0.25, -0.2) is 0 Å². The van der Waals surface area contributed by atoms with Crippen molar-refractivity contribution in [3.05, 3.63) is 60.2 Å². The third-order valence-electron chi connectivity index (χ3n) is 5.90. The largest absolute Gasteiger partial charge is 0.486 e. The molecule has 150 valence electrons. The van der Waals surface area contributed by atoms with E-state index in [0.29, 0.717) is 31.9 Å². The lowest BCUT2D eigenvalue weighted by Gasteiger charge is -2.30. The second-order valence-corrected chi connectivity index (χ2v) is 7.78. The molecule has 1 unspecified atom stereocenters. The highest BCUT2D eigenvalue weighted by atomic mass is 16.6. The third-order valence-corrected chi connectivity index (χ3v) is 5.90. The smallest absolute Gasteiger partial charge is 0.254 e. The molecule has 0 N–H and O–H groups in total. The van der Waals surface area contributed by atoms with E-state index in [2.05, 4.69) is 12.1 Å². The van der Waals surface area contributed by atoms with Crippen molar-refractivity contribution < 1.29 is 14.3 Å². The Morgan fingerprint density at radius 3 is 2.67 bits per heavy atom. The van der Waals surface area contributed by atoms with Crippen molar-refractivity contribution in [3.8, 4) is 28.7 Å². The number of carbonyl (C=O) groups is 1. The molecule has 0 aliphatic carbocycles. The van der Waals surface area contributed by atoms with Gasteiger partial charge in [-0.05, 0) is 52.9 Å². The molecule has 1 fully saturated rings. The zero-order valence-electron chi connectivity index (χ0n) is 16.6. The number of piperidine rings is 1. The number of nitriles is 1. The van der Waals surface area contributed by atoms with Crippen LogP contribution in [0.4, 0.5) is 0 Å². The number of fused-ring (bicyclic) bond motifs is 2. The van der Waals surface area contributed by atoms with Gasteiger partial charge in [0.05, 0.1) is 12.0 Å². The number of benzene rings is 3. The molecule has 0 aromatic heterocycles. The van der Waals surface area contributed by atoms with Crippen molar-refractivity contribution in [2.75, 3.05) is 26.3 Å². The molecule has 0 saturated carbocycles. The molecule has 5 rings (SSSR count). The number of likely N-dealkylation sites (tertiary alicyclic amines) is 1. The number of rotatable bonds is 2. The highest BCUT2D eigenvalue weighted by molar-refractivity contribution is 6.10. The van der Waals surface area contributed by atoms with Gasteiger partial charge in [0, 0.05) is 18.7 Å². The molecule has 2 aliphatic heterocycles. The van der Waals surface area contributed by atoms with Gasteiger partial charge in [0.1, 0.15) is 13.2 Å². The SMILES string of the molecule is N#CC1CCCN(C(=O)c2cccc3c(-c4ccc5c(c4)OCCO5)cccc23)C1. The Bertz CT molecular complexity index is 1160. The van der Waals surface area contributed by atoms with Crippen molar-refractivity contribution in [1.29, 1.82) is 5.26 Å². The summed E-state index contributed by atoms with van der Waals surface area (Å²) < 4.78 is 11.4. The van der Waals surface area contributed by atoms with Crippen LogP contribution in [0.1, 0.15) is 23.2 Å². The van der Waals surface area contributed by atoms with Gasteiger partial charge >= 0.3 is 0 Å². The Morgan fingerprint density at radius 2 is 1.80 bits per heavy atom. The molecule has 5 nitrogen and oxygen atoms in total. The Kier molecular flexibility index (Phi) is 4.76. The van der Waals surface area contributed by atoms with Crippen molar-refractivity contribution in [2.24, 2.45) is 5.92 Å². The van der Waals surface area contributed by atoms with Crippen molar-refractivity contribution >= 4 is 16.7 Å². The average Bonchev–Trinajstić information content (AvgIpc) is 2.82. The lowest BCUT2D eigenvalue weighted by atomic mass is 9.94. The molecular weight excluding hydrogens is 376 g/mol. The maximum absolute atomic E-state index is 13.3. The first-order valence-electron chi connectivity index (χ1n) is 10.4. The minimum absolute atomic E-state index is 0.000116. The summed E-state index contributed by atoms with van der Waals surface area (Å²) in [6.45, 7) is 2.32. The Hall–Kier alpha value is -3.52. The van der Waals surface area contributed by atoms with Crippen molar-refractivity contribution in [2.45, 2.75) is 12.8 Å². The van der Waals surface area contributed by atoms with Crippen LogP contribution in [0.3, 0.4) is 0 Å². The van der Waals surface area contributed by atoms with E-state index in [4.69, 9.17) is 9.47 Å². The van der Waals surface area contributed by atoms with Gasteiger partial charge in [0.2, 0.25) is 0 Å². The van der Waals surface area contributed by atoms with E-state index in [1.165, 1.54) is 0 Å². The Balaban J connectivity index is 1.55. The van der Waals surface area contributed by atoms with E-state index in [-0.39, 0.29) is 11.8 Å². The average molecular weight is 398 g/mol. The van der Waals surface area contributed by atoms with Crippen LogP contribution in [-0.4, -0.2) is 37.1 Å². The minimum atomic E-state index is -0.0778. The summed E-state index contributed by atoms with van der Waals surface area (Å²) >= 11 is 0. The van der Waals surface area contributed by atoms with Gasteiger partial charge in [-0.2, -0.15) is 5.26 Å². The van der Waals surface area contributed by atoms with Gasteiger partial charge in [-0.15, -0.1) is 0 Å². The minimum Gasteiger partial charge on any atom is -0.486 e. The molecule has 0 radical (unpaired) electrons. The van der Waals surface area contributed by atoms with Crippen molar-refractivity contribution in [3.63, 3.8) is 0 Å². The highest BCUT2D eigenvalue weighted by Gasteiger charge is 2.25. The highest BCUT2D eigenvalue weighted by Crippen LogP contribution is 2.37. The number of carbonyl (C=O) groups excluding carboxylic acids is 1. The number of hydrogen-bond donors (Lipinski definition) is 0. The summed E-state index contributed by atoms with van der Waals surface area (Å²) in [7, 11) is 0. The van der Waals surface area contributed by atoms with E-state index in [1.54, 1.807) is 0 Å². The summed E-state index contributed by atoms with van der Waals surface area (Å²) in [4.78, 5) is 15.1. The van der Waals surface area contributed by atoms with Gasteiger partial charge in [0.15, 0.2) is 11.5 Å². The summed E-state index contributed by atoms with van der Waals surface area (Å²) in [5, 5.41) is 11.2. The van der Waals surface area contributed by atoms with Gasteiger partial charge < -0.3 is 14.4 Å². The maximum atomic E-state index is 13.3. The summed E-state index contributed by atoms with van der Waals surface area (Å²) in [5.41, 5.74) is 2.76. The maximum Gasteiger partial charge on any atom is 0.254 e. The fourth-order valence-corrected chi connectivity index (χ4v) is 4.40. The molecule has 5 heteroatoms. The standard InChI is InChI=1S/C25H22N2O3/c26-15-17-4-3-11-27(16-17)25(28)22-8-2-6-20-19(5-1-7-21(20)22)18-9-10-23-24(14-18)30-13-12-29-23/h1-2,5-10,14,17H,3-4,11-13,16H2. The van der Waals surface area contributed by atoms with E-state index in [1.807, 2.05) is 53.4 Å². The zero-order chi connectivity index (χ0) is 20.5. The van der Waals surface area contributed by atoms with Crippen molar-refractivity contribution in [1.82, 2.24) is 4.90 Å². The van der Waals surface area contributed by atoms with Crippen LogP contribution >= 0.6 is 0 Å². The predicted molar refractivity (Wildman–Crippen MR) is 115 cm³/mol. The fraction of sp³-hybridized carbons (Fsp3) is 0.280. The first kappa shape index (κ1) is 18.5. The number of nitrogens with zero attached hydrogens (tertiary/aromatic N) is 2. The van der Waals surface area contributed by atoms with Crippen LogP contribution in [0, 0.1) is 17.2 Å². The van der Waals surface area contributed by atoms with E-state index >= 15 is 0 Å². The fourth-order valence-electron chi connectivity index (χ4n) is 4.40. The Morgan fingerprint density at radius 1 is 1.00 bits per heavy atom. The van der Waals surface area contributed by atoms with Gasteiger partial charge in [-0.3, -0.25) is 4.79 Å². The summed E-state index contributed by atoms with van der Waals surface area (Å²) in [6.07, 6.45) is 1.74. The van der Waals surface area contributed by atoms with Crippen LogP contribution in [0.15, 0.2) is 54.6 Å². The molecular formula is C25H22N2O3. The monoisotopic (exact) mass is 398 g/mol. The van der Waals surface area contributed by atoms with Crippen LogP contribution in [0.25, 0.3) is 21.9 Å². The van der Waals surface area contributed by atoms with Crippen LogP contribution < -0.4 is 9.47 Å². The lowest BCUT2D eigenvalue weighted by molar-refractivity contribution is 0.0701. The zero-order valence-corrected chi connectivity index (χ0v) is 16.6. The van der Waals surface area contributed by atoms with E-state index in [0.717, 1.165) is 46.2 Å². The summed E-state index contributed by atoms with van der Waals surface area (Å²) in [6, 6.07) is 20.2. The van der Waals surface area contributed by atoms with Crippen LogP contribution in [-0.2, 0) is 0 Å². The Labute approximate surface area is 175 Å². The summed E-state index contributed by atoms with van der Waals surface area (Å²) in [5.74, 6) is 1.43. The van der Waals surface area contributed by atoms with Gasteiger partial charge in [-0.1, -0.05) is 36.4 Å². The molecule has 1 atom stereocenters. The molecule has 0 bridgehead atoms. The molecule has 1 saturated heterocycles. The third kappa shape index (κ3) is 3.25. The normalized spacial score (nSPS) is 18.1. The second-order valence-electron chi connectivity index (χ2n) is 7.78. The quantitative estimate of drug-likeness (QED) is 0.630. The molecule has 2 heterocycles. The molecule has 1 amide bonds. The van der Waals surface area contributed by atoms with E-state index in [9.17, 15) is 10.1 Å². The lowest BCUT2D eigenvalue weighted by Crippen LogP contribution is -2.39. The predicted octanol–water partition coefficient (Wildman–Crippen LogP) is 4.65. The number of ether oxygens (including phenoxy) is 2. The van der Waals surface area contributed by atoms with Crippen LogP contribution in [0.2, 0.25) is 0 Å². The molecule has 3 aromatic rings. The second kappa shape index (κ2) is 7.72. The topological polar surface area (TPSA) is 62.6 Å².